The molecule has 1 aliphatic rings. The number of amides is 2. The van der Waals surface area contributed by atoms with Gasteiger partial charge in [0.05, 0.1) is 6.54 Å². The summed E-state index contributed by atoms with van der Waals surface area (Å²) in [6, 6.07) is 5.71. The minimum absolute atomic E-state index is 0.0160. The van der Waals surface area contributed by atoms with Crippen LogP contribution in [0.2, 0.25) is 0 Å². The van der Waals surface area contributed by atoms with E-state index in [2.05, 4.69) is 17.2 Å². The second-order valence-corrected chi connectivity index (χ2v) is 4.66. The summed E-state index contributed by atoms with van der Waals surface area (Å²) in [6.45, 7) is 4.04. The molecule has 19 heavy (non-hydrogen) atoms. The molecule has 0 bridgehead atoms. The first-order chi connectivity index (χ1) is 9.20. The molecule has 4 nitrogen and oxygen atoms in total. The van der Waals surface area contributed by atoms with E-state index in [0.717, 1.165) is 42.7 Å². The van der Waals surface area contributed by atoms with Gasteiger partial charge in [0.2, 0.25) is 0 Å². The Morgan fingerprint density at radius 2 is 2.16 bits per heavy atom. The van der Waals surface area contributed by atoms with E-state index in [-0.39, 0.29) is 6.03 Å². The summed E-state index contributed by atoms with van der Waals surface area (Å²) in [4.78, 5) is 13.8. The Labute approximate surface area is 114 Å². The normalized spacial score (nSPS) is 13.9. The van der Waals surface area contributed by atoms with Gasteiger partial charge in [-0.15, -0.1) is 0 Å². The highest BCUT2D eigenvalue weighted by atomic mass is 16.2. The van der Waals surface area contributed by atoms with Crippen LogP contribution in [0.5, 0.6) is 0 Å². The number of hydrogen-bond donors (Lipinski definition) is 2. The molecule has 2 rings (SSSR count). The van der Waals surface area contributed by atoms with Crippen LogP contribution in [-0.4, -0.2) is 30.6 Å². The molecule has 0 aliphatic carbocycles. The quantitative estimate of drug-likeness (QED) is 0.755. The number of anilines is 1. The number of aryl methyl sites for hydroxylation is 1. The van der Waals surface area contributed by atoms with Crippen molar-refractivity contribution in [2.75, 3.05) is 25.0 Å². The van der Waals surface area contributed by atoms with Crippen molar-refractivity contribution < 1.29 is 4.79 Å². The van der Waals surface area contributed by atoms with Crippen molar-refractivity contribution in [3.8, 4) is 11.8 Å². The number of rotatable bonds is 1. The molecule has 0 aromatic heterocycles. The molecule has 0 spiro atoms. The van der Waals surface area contributed by atoms with Gasteiger partial charge in [-0.05, 0) is 43.5 Å². The monoisotopic (exact) mass is 257 g/mol. The topological polar surface area (TPSA) is 58.4 Å². The van der Waals surface area contributed by atoms with Gasteiger partial charge in [-0.25, -0.2) is 4.79 Å². The second-order valence-electron chi connectivity index (χ2n) is 4.66. The first-order valence-corrected chi connectivity index (χ1v) is 6.56. The minimum atomic E-state index is -0.0160. The van der Waals surface area contributed by atoms with Gasteiger partial charge in [0.15, 0.2) is 0 Å². The number of nitrogens with one attached hydrogen (secondary N) is 1. The molecular formula is C15H19N3O. The van der Waals surface area contributed by atoms with E-state index in [1.807, 2.05) is 30.0 Å². The first-order valence-electron chi connectivity index (χ1n) is 6.56. The van der Waals surface area contributed by atoms with E-state index in [1.165, 1.54) is 0 Å². The summed E-state index contributed by atoms with van der Waals surface area (Å²) >= 11 is 0. The molecule has 1 aliphatic heterocycles. The molecule has 0 saturated carbocycles. The van der Waals surface area contributed by atoms with Crippen molar-refractivity contribution in [3.63, 3.8) is 0 Å². The van der Waals surface area contributed by atoms with Crippen LogP contribution in [0.1, 0.15) is 24.0 Å². The van der Waals surface area contributed by atoms with Crippen LogP contribution in [0.3, 0.4) is 0 Å². The van der Waals surface area contributed by atoms with Gasteiger partial charge in [0.1, 0.15) is 0 Å². The lowest BCUT2D eigenvalue weighted by Gasteiger charge is -2.16. The number of nitrogens with zero attached hydrogens (tertiary/aromatic N) is 1. The summed E-state index contributed by atoms with van der Waals surface area (Å²) in [7, 11) is 0. The number of carbonyl (C=O) groups is 1. The lowest BCUT2D eigenvalue weighted by atomic mass is 10.1. The molecule has 0 radical (unpaired) electrons. The van der Waals surface area contributed by atoms with E-state index in [1.54, 1.807) is 0 Å². The molecule has 1 saturated heterocycles. The van der Waals surface area contributed by atoms with Crippen molar-refractivity contribution in [2.45, 2.75) is 19.8 Å². The van der Waals surface area contributed by atoms with E-state index in [0.29, 0.717) is 6.54 Å². The molecular weight excluding hydrogens is 238 g/mol. The molecule has 3 N–H and O–H groups in total. The third kappa shape index (κ3) is 3.49. The maximum Gasteiger partial charge on any atom is 0.321 e. The van der Waals surface area contributed by atoms with Crippen LogP contribution in [0.25, 0.3) is 0 Å². The van der Waals surface area contributed by atoms with Gasteiger partial charge in [-0.1, -0.05) is 11.8 Å². The van der Waals surface area contributed by atoms with Crippen LogP contribution in [0.15, 0.2) is 18.2 Å². The third-order valence-corrected chi connectivity index (χ3v) is 3.20. The largest absolute Gasteiger partial charge is 0.325 e. The Morgan fingerprint density at radius 1 is 1.42 bits per heavy atom. The van der Waals surface area contributed by atoms with Crippen LogP contribution in [0.4, 0.5) is 10.5 Å². The van der Waals surface area contributed by atoms with Crippen molar-refractivity contribution in [2.24, 2.45) is 5.73 Å². The molecule has 1 aromatic rings. The lowest BCUT2D eigenvalue weighted by molar-refractivity contribution is 0.222. The number of likely N-dealkylation sites (tertiary alicyclic amines) is 1. The van der Waals surface area contributed by atoms with Crippen molar-refractivity contribution in [3.05, 3.63) is 29.3 Å². The fraction of sp³-hybridized carbons (Fsp3) is 0.400. The van der Waals surface area contributed by atoms with E-state index < -0.39 is 0 Å². The van der Waals surface area contributed by atoms with E-state index in [9.17, 15) is 4.79 Å². The van der Waals surface area contributed by atoms with Gasteiger partial charge >= 0.3 is 6.03 Å². The fourth-order valence-corrected chi connectivity index (χ4v) is 2.15. The summed E-state index contributed by atoms with van der Waals surface area (Å²) in [5, 5.41) is 2.92. The third-order valence-electron chi connectivity index (χ3n) is 3.20. The molecule has 4 heteroatoms. The van der Waals surface area contributed by atoms with Gasteiger partial charge in [-0.3, -0.25) is 0 Å². The standard InChI is InChI=1S/C15H19N3O/c1-12-11-14(7-6-13(12)5-4-8-16)17-15(19)18-9-2-3-10-18/h6-7,11H,2-3,8-10,16H2,1H3,(H,17,19). The zero-order chi connectivity index (χ0) is 13.7. The highest BCUT2D eigenvalue weighted by Crippen LogP contribution is 2.16. The first kappa shape index (κ1) is 13.4. The molecule has 0 unspecified atom stereocenters. The molecule has 2 amide bonds. The number of carbonyl (C=O) groups excluding carboxylic acids is 1. The molecule has 1 heterocycles. The number of benzene rings is 1. The summed E-state index contributed by atoms with van der Waals surface area (Å²) in [5.41, 5.74) is 8.16. The predicted octanol–water partition coefficient (Wildman–Crippen LogP) is 1.93. The predicted molar refractivity (Wildman–Crippen MR) is 76.9 cm³/mol. The molecule has 1 fully saturated rings. The van der Waals surface area contributed by atoms with Crippen molar-refractivity contribution in [1.29, 1.82) is 0 Å². The lowest BCUT2D eigenvalue weighted by Crippen LogP contribution is -2.32. The Morgan fingerprint density at radius 3 is 2.79 bits per heavy atom. The Hall–Kier alpha value is -1.99. The maximum absolute atomic E-state index is 12.0. The molecule has 1 aromatic carbocycles. The Kier molecular flexibility index (Phi) is 4.43. The van der Waals surface area contributed by atoms with Gasteiger partial charge in [0.25, 0.3) is 0 Å². The maximum atomic E-state index is 12.0. The van der Waals surface area contributed by atoms with Crippen molar-refractivity contribution in [1.82, 2.24) is 4.90 Å². The number of urea groups is 1. The zero-order valence-electron chi connectivity index (χ0n) is 11.2. The summed E-state index contributed by atoms with van der Waals surface area (Å²) in [5.74, 6) is 5.84. The van der Waals surface area contributed by atoms with E-state index >= 15 is 0 Å². The SMILES string of the molecule is Cc1cc(NC(=O)N2CCCC2)ccc1C#CCN. The van der Waals surface area contributed by atoms with Crippen LogP contribution >= 0.6 is 0 Å². The molecule has 0 atom stereocenters. The van der Waals surface area contributed by atoms with E-state index in [4.69, 9.17) is 5.73 Å². The fourth-order valence-electron chi connectivity index (χ4n) is 2.15. The van der Waals surface area contributed by atoms with Crippen molar-refractivity contribution >= 4 is 11.7 Å². The van der Waals surface area contributed by atoms with Gasteiger partial charge in [0, 0.05) is 24.3 Å². The van der Waals surface area contributed by atoms with Crippen LogP contribution < -0.4 is 11.1 Å². The van der Waals surface area contributed by atoms with Crippen LogP contribution in [-0.2, 0) is 0 Å². The average Bonchev–Trinajstić information content (AvgIpc) is 2.92. The summed E-state index contributed by atoms with van der Waals surface area (Å²) < 4.78 is 0. The Bertz CT molecular complexity index is 522. The smallest absolute Gasteiger partial charge is 0.321 e. The van der Waals surface area contributed by atoms with Gasteiger partial charge in [-0.2, -0.15) is 0 Å². The zero-order valence-corrected chi connectivity index (χ0v) is 11.2. The highest BCUT2D eigenvalue weighted by Gasteiger charge is 2.17. The Balaban J connectivity index is 2.05. The summed E-state index contributed by atoms with van der Waals surface area (Å²) in [6.07, 6.45) is 2.19. The average molecular weight is 257 g/mol. The molecule has 100 valence electrons. The van der Waals surface area contributed by atoms with Gasteiger partial charge < -0.3 is 16.0 Å². The highest BCUT2D eigenvalue weighted by molar-refractivity contribution is 5.89. The number of hydrogen-bond acceptors (Lipinski definition) is 2. The second kappa shape index (κ2) is 6.26. The number of nitrogens with two attached hydrogens (primary N) is 1. The van der Waals surface area contributed by atoms with Crippen LogP contribution in [0, 0.1) is 18.8 Å². The minimum Gasteiger partial charge on any atom is -0.325 e.